The lowest BCUT2D eigenvalue weighted by molar-refractivity contribution is 0.102. The van der Waals surface area contributed by atoms with E-state index in [1.807, 2.05) is 59.7 Å². The first-order valence-electron chi connectivity index (χ1n) is 10.4. The maximum absolute atomic E-state index is 13.3. The predicted octanol–water partition coefficient (Wildman–Crippen LogP) is 4.75. The molecule has 164 valence electrons. The molecule has 31 heavy (non-hydrogen) atoms. The van der Waals surface area contributed by atoms with Crippen molar-refractivity contribution in [3.05, 3.63) is 64.3 Å². The van der Waals surface area contributed by atoms with Gasteiger partial charge in [0.2, 0.25) is 10.0 Å². The molecule has 1 N–H and O–H groups in total. The van der Waals surface area contributed by atoms with Gasteiger partial charge in [-0.3, -0.25) is 9.78 Å². The van der Waals surface area contributed by atoms with Gasteiger partial charge in [-0.15, -0.1) is 0 Å². The Kier molecular flexibility index (Phi) is 6.48. The van der Waals surface area contributed by atoms with Gasteiger partial charge in [-0.25, -0.2) is 8.42 Å². The number of carbonyl (C=O) groups is 1. The maximum Gasteiger partial charge on any atom is 0.256 e. The van der Waals surface area contributed by atoms with Crippen molar-refractivity contribution in [2.75, 3.05) is 18.4 Å². The number of aromatic nitrogens is 1. The number of rotatable bonds is 6. The highest BCUT2D eigenvalue weighted by atomic mass is 32.2. The predicted molar refractivity (Wildman–Crippen MR) is 125 cm³/mol. The minimum absolute atomic E-state index is 0.182. The van der Waals surface area contributed by atoms with Crippen LogP contribution in [0.4, 0.5) is 5.69 Å². The summed E-state index contributed by atoms with van der Waals surface area (Å²) in [6.45, 7) is 11.9. The van der Waals surface area contributed by atoms with E-state index in [9.17, 15) is 13.2 Å². The minimum Gasteiger partial charge on any atom is -0.322 e. The molecule has 1 aromatic heterocycles. The second-order valence-electron chi connectivity index (χ2n) is 7.79. The Bertz CT molecular complexity index is 1260. The SMILES string of the molecule is CCN(CC)S(=O)(=O)c1cc(C)c(C)c(NC(=O)c2cc(C)nc3ccc(C)cc23)c1. The van der Waals surface area contributed by atoms with Crippen molar-refractivity contribution in [2.45, 2.75) is 46.4 Å². The number of nitrogens with zero attached hydrogens (tertiary/aromatic N) is 2. The molecule has 0 spiro atoms. The lowest BCUT2D eigenvalue weighted by atomic mass is 10.0. The van der Waals surface area contributed by atoms with E-state index >= 15 is 0 Å². The van der Waals surface area contributed by atoms with E-state index in [-0.39, 0.29) is 10.8 Å². The van der Waals surface area contributed by atoms with Crippen LogP contribution in [-0.2, 0) is 10.0 Å². The molecule has 0 unspecified atom stereocenters. The van der Waals surface area contributed by atoms with Crippen LogP contribution in [0, 0.1) is 27.7 Å². The molecule has 0 saturated carbocycles. The van der Waals surface area contributed by atoms with Gasteiger partial charge in [-0.05, 0) is 69.2 Å². The van der Waals surface area contributed by atoms with E-state index in [2.05, 4.69) is 10.3 Å². The quantitative estimate of drug-likeness (QED) is 0.601. The molecule has 0 aliphatic rings. The van der Waals surface area contributed by atoms with E-state index in [1.54, 1.807) is 18.2 Å². The van der Waals surface area contributed by atoms with Crippen LogP contribution in [0.15, 0.2) is 41.3 Å². The molecule has 2 aromatic carbocycles. The molecule has 1 amide bonds. The molecule has 0 atom stereocenters. The monoisotopic (exact) mass is 439 g/mol. The average molecular weight is 440 g/mol. The van der Waals surface area contributed by atoms with Crippen LogP contribution < -0.4 is 5.32 Å². The van der Waals surface area contributed by atoms with E-state index in [4.69, 9.17) is 0 Å². The van der Waals surface area contributed by atoms with Gasteiger partial charge >= 0.3 is 0 Å². The summed E-state index contributed by atoms with van der Waals surface area (Å²) in [5.41, 5.74) is 5.17. The first-order valence-corrected chi connectivity index (χ1v) is 11.8. The molecule has 1 heterocycles. The Morgan fingerprint density at radius 3 is 2.32 bits per heavy atom. The third kappa shape index (κ3) is 4.48. The normalized spacial score (nSPS) is 11.8. The molecule has 0 saturated heterocycles. The Balaban J connectivity index is 2.08. The van der Waals surface area contributed by atoms with Crippen LogP contribution in [-0.4, -0.2) is 36.7 Å². The summed E-state index contributed by atoms with van der Waals surface area (Å²) in [5.74, 6) is -0.291. The lowest BCUT2D eigenvalue weighted by Gasteiger charge is -2.20. The molecular weight excluding hydrogens is 410 g/mol. The van der Waals surface area contributed by atoms with Gasteiger partial charge in [-0.2, -0.15) is 4.31 Å². The second-order valence-corrected chi connectivity index (χ2v) is 9.73. The summed E-state index contributed by atoms with van der Waals surface area (Å²) in [7, 11) is -3.64. The number of pyridine rings is 1. The van der Waals surface area contributed by atoms with Crippen LogP contribution in [0.3, 0.4) is 0 Å². The van der Waals surface area contributed by atoms with Crippen LogP contribution in [0.5, 0.6) is 0 Å². The smallest absolute Gasteiger partial charge is 0.256 e. The van der Waals surface area contributed by atoms with Crippen molar-refractivity contribution < 1.29 is 13.2 Å². The molecule has 6 nitrogen and oxygen atoms in total. The second kappa shape index (κ2) is 8.77. The van der Waals surface area contributed by atoms with Crippen molar-refractivity contribution in [1.82, 2.24) is 9.29 Å². The van der Waals surface area contributed by atoms with Gasteiger partial charge in [0.05, 0.1) is 16.0 Å². The first kappa shape index (κ1) is 22.9. The average Bonchev–Trinajstić information content (AvgIpc) is 2.71. The zero-order valence-corrected chi connectivity index (χ0v) is 19.7. The highest BCUT2D eigenvalue weighted by molar-refractivity contribution is 7.89. The van der Waals surface area contributed by atoms with Gasteiger partial charge in [0, 0.05) is 29.9 Å². The molecule has 0 radical (unpaired) electrons. The molecule has 0 aliphatic heterocycles. The molecule has 7 heteroatoms. The highest BCUT2D eigenvalue weighted by Gasteiger charge is 2.24. The van der Waals surface area contributed by atoms with Crippen molar-refractivity contribution in [1.29, 1.82) is 0 Å². The van der Waals surface area contributed by atoms with Crippen LogP contribution in [0.25, 0.3) is 10.9 Å². The maximum atomic E-state index is 13.3. The molecule has 0 fully saturated rings. The summed E-state index contributed by atoms with van der Waals surface area (Å²) in [6, 6.07) is 10.8. The van der Waals surface area contributed by atoms with Gasteiger partial charge < -0.3 is 5.32 Å². The standard InChI is InChI=1S/C24H29N3O3S/c1-7-27(8-2)31(29,30)19-12-16(4)18(6)23(14-19)26-24(28)21-13-17(5)25-22-10-9-15(3)11-20(21)22/h9-14H,7-8H2,1-6H3,(H,26,28). The largest absolute Gasteiger partial charge is 0.322 e. The molecule has 3 aromatic rings. The van der Waals surface area contributed by atoms with Crippen molar-refractivity contribution in [3.8, 4) is 0 Å². The Labute approximate surface area is 184 Å². The summed E-state index contributed by atoms with van der Waals surface area (Å²) in [4.78, 5) is 18.0. The van der Waals surface area contributed by atoms with Crippen molar-refractivity contribution in [3.63, 3.8) is 0 Å². The number of amides is 1. The number of fused-ring (bicyclic) bond motifs is 1. The summed E-state index contributed by atoms with van der Waals surface area (Å²) in [5, 5.41) is 3.71. The fourth-order valence-corrected chi connectivity index (χ4v) is 5.24. The summed E-state index contributed by atoms with van der Waals surface area (Å²) >= 11 is 0. The van der Waals surface area contributed by atoms with Crippen LogP contribution in [0.2, 0.25) is 0 Å². The number of hydrogen-bond donors (Lipinski definition) is 1. The molecule has 0 bridgehead atoms. The Hall–Kier alpha value is -2.77. The number of carbonyl (C=O) groups excluding carboxylic acids is 1. The third-order valence-electron chi connectivity index (χ3n) is 5.57. The lowest BCUT2D eigenvalue weighted by Crippen LogP contribution is -2.30. The Morgan fingerprint density at radius 1 is 1.00 bits per heavy atom. The van der Waals surface area contributed by atoms with Gasteiger partial charge in [0.25, 0.3) is 5.91 Å². The highest BCUT2D eigenvalue weighted by Crippen LogP contribution is 2.28. The number of anilines is 1. The Morgan fingerprint density at radius 2 is 1.68 bits per heavy atom. The fourth-order valence-electron chi connectivity index (χ4n) is 3.67. The fraction of sp³-hybridized carbons (Fsp3) is 0.333. The van der Waals surface area contributed by atoms with E-state index in [0.29, 0.717) is 24.3 Å². The van der Waals surface area contributed by atoms with Crippen molar-refractivity contribution >= 4 is 32.5 Å². The van der Waals surface area contributed by atoms with Crippen LogP contribution in [0.1, 0.15) is 46.6 Å². The third-order valence-corrected chi connectivity index (χ3v) is 7.60. The number of nitrogens with one attached hydrogen (secondary N) is 1. The zero-order valence-electron chi connectivity index (χ0n) is 18.9. The van der Waals surface area contributed by atoms with Gasteiger partial charge in [-0.1, -0.05) is 25.5 Å². The van der Waals surface area contributed by atoms with E-state index < -0.39 is 10.0 Å². The summed E-state index contributed by atoms with van der Waals surface area (Å²) in [6.07, 6.45) is 0. The topological polar surface area (TPSA) is 79.4 Å². The number of benzene rings is 2. The summed E-state index contributed by atoms with van der Waals surface area (Å²) < 4.78 is 27.5. The van der Waals surface area contributed by atoms with Crippen molar-refractivity contribution in [2.24, 2.45) is 0 Å². The van der Waals surface area contributed by atoms with E-state index in [1.165, 1.54) is 4.31 Å². The number of sulfonamides is 1. The molecule has 3 rings (SSSR count). The van der Waals surface area contributed by atoms with Gasteiger partial charge in [0.15, 0.2) is 0 Å². The molecular formula is C24H29N3O3S. The van der Waals surface area contributed by atoms with Crippen LogP contribution >= 0.6 is 0 Å². The van der Waals surface area contributed by atoms with Gasteiger partial charge in [0.1, 0.15) is 0 Å². The van der Waals surface area contributed by atoms with E-state index in [0.717, 1.165) is 33.3 Å². The molecule has 0 aliphatic carbocycles. The zero-order chi connectivity index (χ0) is 22.9. The number of hydrogen-bond acceptors (Lipinski definition) is 4. The first-order chi connectivity index (χ1) is 14.6. The number of aryl methyl sites for hydroxylation is 3. The minimum atomic E-state index is -3.64.